The first-order valence-electron chi connectivity index (χ1n) is 10.8. The molecular weight excluding hydrogens is 312 g/mol. The van der Waals surface area contributed by atoms with Gasteiger partial charge in [0.25, 0.3) is 0 Å². The highest BCUT2D eigenvalue weighted by Gasteiger charge is 2.26. The van der Waals surface area contributed by atoms with Crippen molar-refractivity contribution >= 4 is 5.91 Å². The van der Waals surface area contributed by atoms with Crippen LogP contribution in [0.5, 0.6) is 0 Å². The molecular formula is C21H38N2O2. The number of carbonyl (C=O) groups is 1. The van der Waals surface area contributed by atoms with Gasteiger partial charge in [-0.25, -0.2) is 0 Å². The molecule has 0 spiro atoms. The highest BCUT2D eigenvalue weighted by Crippen LogP contribution is 2.35. The lowest BCUT2D eigenvalue weighted by Crippen LogP contribution is -2.40. The van der Waals surface area contributed by atoms with Crippen LogP contribution in [0.2, 0.25) is 0 Å². The summed E-state index contributed by atoms with van der Waals surface area (Å²) >= 11 is 0. The molecule has 0 bridgehead atoms. The first kappa shape index (κ1) is 19.2. The maximum Gasteiger partial charge on any atom is 0.220 e. The molecule has 0 aromatic heterocycles. The molecule has 2 N–H and O–H groups in total. The molecule has 0 aromatic rings. The zero-order valence-corrected chi connectivity index (χ0v) is 16.0. The van der Waals surface area contributed by atoms with Crippen molar-refractivity contribution in [2.75, 3.05) is 26.2 Å². The van der Waals surface area contributed by atoms with E-state index in [2.05, 4.69) is 4.90 Å². The zero-order chi connectivity index (χ0) is 17.5. The second kappa shape index (κ2) is 9.91. The number of hydrogen-bond acceptors (Lipinski definition) is 3. The third kappa shape index (κ3) is 6.25. The van der Waals surface area contributed by atoms with E-state index in [9.17, 15) is 4.79 Å². The average molecular weight is 351 g/mol. The number of rotatable bonds is 7. The van der Waals surface area contributed by atoms with Crippen LogP contribution in [-0.2, 0) is 9.53 Å². The van der Waals surface area contributed by atoms with E-state index in [4.69, 9.17) is 10.5 Å². The minimum Gasteiger partial charge on any atom is -0.377 e. The van der Waals surface area contributed by atoms with Gasteiger partial charge in [0, 0.05) is 12.5 Å². The maximum atomic E-state index is 11.2. The van der Waals surface area contributed by atoms with Crippen LogP contribution in [0.3, 0.4) is 0 Å². The number of carbonyl (C=O) groups excluding carboxylic acids is 1. The molecule has 0 radical (unpaired) electrons. The summed E-state index contributed by atoms with van der Waals surface area (Å²) < 4.78 is 6.16. The fraction of sp³-hybridized carbons (Fsp3) is 0.952. The summed E-state index contributed by atoms with van der Waals surface area (Å²) in [6.45, 7) is 3.84. The van der Waals surface area contributed by atoms with Crippen molar-refractivity contribution < 1.29 is 9.53 Å². The lowest BCUT2D eigenvalue weighted by molar-refractivity contribution is -0.123. The summed E-state index contributed by atoms with van der Waals surface area (Å²) in [7, 11) is 0. The van der Waals surface area contributed by atoms with Gasteiger partial charge in [0.2, 0.25) is 5.91 Å². The third-order valence-electron chi connectivity index (χ3n) is 6.94. The Morgan fingerprint density at radius 1 is 0.880 bits per heavy atom. The molecule has 1 amide bonds. The van der Waals surface area contributed by atoms with Gasteiger partial charge in [0.05, 0.1) is 12.7 Å². The summed E-state index contributed by atoms with van der Waals surface area (Å²) in [6.07, 6.45) is 16.5. The van der Waals surface area contributed by atoms with Crippen molar-refractivity contribution in [1.29, 1.82) is 0 Å². The quantitative estimate of drug-likeness (QED) is 0.761. The standard InChI is InChI=1S/C21H38N2O2/c22-21(24)19-10-12-23(13-11-19)14-15-25-20-8-6-18(7-9-20)16-17-4-2-1-3-5-17/h17-20H,1-16H2,(H2,22,24). The molecule has 1 saturated heterocycles. The van der Waals surface area contributed by atoms with Crippen molar-refractivity contribution in [2.45, 2.75) is 83.2 Å². The highest BCUT2D eigenvalue weighted by atomic mass is 16.5. The Balaban J connectivity index is 1.24. The van der Waals surface area contributed by atoms with Crippen LogP contribution >= 0.6 is 0 Å². The number of nitrogens with zero attached hydrogens (tertiary/aromatic N) is 1. The smallest absolute Gasteiger partial charge is 0.220 e. The predicted octanol–water partition coefficient (Wildman–Crippen LogP) is 3.73. The number of hydrogen-bond donors (Lipinski definition) is 1. The van der Waals surface area contributed by atoms with Gasteiger partial charge in [0.1, 0.15) is 0 Å². The normalized spacial score (nSPS) is 30.4. The van der Waals surface area contributed by atoms with Gasteiger partial charge < -0.3 is 15.4 Å². The van der Waals surface area contributed by atoms with Crippen molar-refractivity contribution in [2.24, 2.45) is 23.5 Å². The Labute approximate surface area is 153 Å². The van der Waals surface area contributed by atoms with E-state index in [1.54, 1.807) is 0 Å². The van der Waals surface area contributed by atoms with Crippen molar-refractivity contribution in [3.05, 3.63) is 0 Å². The van der Waals surface area contributed by atoms with E-state index in [0.29, 0.717) is 6.10 Å². The van der Waals surface area contributed by atoms with Crippen molar-refractivity contribution in [3.8, 4) is 0 Å². The molecule has 3 aliphatic rings. The number of amides is 1. The van der Waals surface area contributed by atoms with Crippen molar-refractivity contribution in [1.82, 2.24) is 4.90 Å². The molecule has 2 saturated carbocycles. The van der Waals surface area contributed by atoms with Gasteiger partial charge in [-0.3, -0.25) is 4.79 Å². The molecule has 144 valence electrons. The van der Waals surface area contributed by atoms with Crippen LogP contribution in [0, 0.1) is 17.8 Å². The lowest BCUT2D eigenvalue weighted by atomic mass is 9.77. The van der Waals surface area contributed by atoms with E-state index in [-0.39, 0.29) is 11.8 Å². The van der Waals surface area contributed by atoms with Crippen LogP contribution in [0.25, 0.3) is 0 Å². The minimum atomic E-state index is -0.124. The molecule has 0 unspecified atom stereocenters. The topological polar surface area (TPSA) is 55.6 Å². The molecule has 4 nitrogen and oxygen atoms in total. The Bertz CT molecular complexity index is 393. The van der Waals surface area contributed by atoms with Gasteiger partial charge in [-0.15, -0.1) is 0 Å². The Morgan fingerprint density at radius 3 is 2.16 bits per heavy atom. The Kier molecular flexibility index (Phi) is 7.60. The Hall–Kier alpha value is -0.610. The molecule has 4 heteroatoms. The SMILES string of the molecule is NC(=O)C1CCN(CCOC2CCC(CC3CCCCC3)CC2)CC1. The van der Waals surface area contributed by atoms with Crippen LogP contribution in [-0.4, -0.2) is 43.2 Å². The first-order chi connectivity index (χ1) is 12.2. The molecule has 1 aliphatic heterocycles. The molecule has 2 aliphatic carbocycles. The molecule has 3 rings (SSSR count). The van der Waals surface area contributed by atoms with Gasteiger partial charge in [-0.1, -0.05) is 32.1 Å². The number of primary amides is 1. The first-order valence-corrected chi connectivity index (χ1v) is 10.8. The minimum absolute atomic E-state index is 0.0941. The number of likely N-dealkylation sites (tertiary alicyclic amines) is 1. The summed E-state index contributed by atoms with van der Waals surface area (Å²) in [5, 5.41) is 0. The second-order valence-corrected chi connectivity index (χ2v) is 8.77. The maximum absolute atomic E-state index is 11.2. The summed E-state index contributed by atoms with van der Waals surface area (Å²) in [4.78, 5) is 13.6. The monoisotopic (exact) mass is 350 g/mol. The molecule has 0 atom stereocenters. The molecule has 3 fully saturated rings. The summed E-state index contributed by atoms with van der Waals surface area (Å²) in [5.74, 6) is 1.97. The number of piperidine rings is 1. The summed E-state index contributed by atoms with van der Waals surface area (Å²) in [5.41, 5.74) is 5.40. The van der Waals surface area contributed by atoms with Crippen LogP contribution in [0.4, 0.5) is 0 Å². The summed E-state index contributed by atoms with van der Waals surface area (Å²) in [6, 6.07) is 0. The van der Waals surface area contributed by atoms with E-state index >= 15 is 0 Å². The molecule has 1 heterocycles. The largest absolute Gasteiger partial charge is 0.377 e. The third-order valence-corrected chi connectivity index (χ3v) is 6.94. The lowest BCUT2D eigenvalue weighted by Gasteiger charge is -2.33. The van der Waals surface area contributed by atoms with Crippen LogP contribution < -0.4 is 5.73 Å². The fourth-order valence-electron chi connectivity index (χ4n) is 5.22. The van der Waals surface area contributed by atoms with Crippen LogP contribution in [0.15, 0.2) is 0 Å². The van der Waals surface area contributed by atoms with Crippen molar-refractivity contribution in [3.63, 3.8) is 0 Å². The average Bonchev–Trinajstić information content (AvgIpc) is 2.64. The number of nitrogens with two attached hydrogens (primary N) is 1. The van der Waals surface area contributed by atoms with E-state index in [1.807, 2.05) is 0 Å². The van der Waals surface area contributed by atoms with Gasteiger partial charge >= 0.3 is 0 Å². The molecule has 0 aromatic carbocycles. The van der Waals surface area contributed by atoms with E-state index in [0.717, 1.165) is 50.9 Å². The fourth-order valence-corrected chi connectivity index (χ4v) is 5.22. The van der Waals surface area contributed by atoms with E-state index < -0.39 is 0 Å². The van der Waals surface area contributed by atoms with Gasteiger partial charge in [0.15, 0.2) is 0 Å². The molecule has 25 heavy (non-hydrogen) atoms. The zero-order valence-electron chi connectivity index (χ0n) is 16.0. The van der Waals surface area contributed by atoms with Gasteiger partial charge in [-0.2, -0.15) is 0 Å². The Morgan fingerprint density at radius 2 is 1.52 bits per heavy atom. The van der Waals surface area contributed by atoms with Gasteiger partial charge in [-0.05, 0) is 69.9 Å². The second-order valence-electron chi connectivity index (χ2n) is 8.77. The highest BCUT2D eigenvalue weighted by molar-refractivity contribution is 5.76. The number of ether oxygens (including phenoxy) is 1. The predicted molar refractivity (Wildman–Crippen MR) is 101 cm³/mol. The van der Waals surface area contributed by atoms with E-state index in [1.165, 1.54) is 64.2 Å². The van der Waals surface area contributed by atoms with Crippen LogP contribution in [0.1, 0.15) is 77.0 Å².